The van der Waals surface area contributed by atoms with Gasteiger partial charge in [0.05, 0.1) is 6.10 Å². The second-order valence-corrected chi connectivity index (χ2v) is 13.2. The number of carboxylic acids is 2. The smallest absolute Gasteiger partial charge is 0.327 e. The minimum Gasteiger partial charge on any atom is -0.480 e. The van der Waals surface area contributed by atoms with Crippen LogP contribution in [0.15, 0.2) is 0 Å². The molecule has 0 fully saturated rings. The van der Waals surface area contributed by atoms with Gasteiger partial charge < -0.3 is 25.6 Å². The van der Waals surface area contributed by atoms with Crippen molar-refractivity contribution in [1.29, 1.82) is 0 Å². The van der Waals surface area contributed by atoms with E-state index in [0.717, 1.165) is 25.0 Å². The maximum absolute atomic E-state index is 11.7. The Labute approximate surface area is 236 Å². The highest BCUT2D eigenvalue weighted by Crippen LogP contribution is 2.35. The van der Waals surface area contributed by atoms with Crippen LogP contribution in [0.4, 0.5) is 0 Å². The van der Waals surface area contributed by atoms with Crippen molar-refractivity contribution in [2.75, 3.05) is 17.3 Å². The number of esters is 1. The van der Waals surface area contributed by atoms with Crippen molar-refractivity contribution in [1.82, 2.24) is 10.6 Å². The molecular formula is C23H42N2O8S4. The molecule has 37 heavy (non-hydrogen) atoms. The molecule has 3 unspecified atom stereocenters. The standard InChI is InChI=1S/C21H36N2O8S4.C2H6/c1-13(2)31-19(26)8-6-5-7-16(35-34-12-18(21(29)30)23-15(4)25)9-10-32-33-11-17(20(27)28)22-14(3)24;1-2/h13,16-18H,5-12H2,1-4H3,(H,22,24)(H,23,25)(H,27,28)(H,29,30);1-2H3. The predicted octanol–water partition coefficient (Wildman–Crippen LogP) is 4.22. The molecule has 0 saturated carbocycles. The zero-order valence-electron chi connectivity index (χ0n) is 22.4. The molecule has 0 bridgehead atoms. The fourth-order valence-electron chi connectivity index (χ4n) is 2.60. The topological polar surface area (TPSA) is 159 Å². The van der Waals surface area contributed by atoms with Gasteiger partial charge in [0.1, 0.15) is 12.1 Å². The number of hydrogen-bond acceptors (Lipinski definition) is 10. The van der Waals surface area contributed by atoms with Gasteiger partial charge in [-0.3, -0.25) is 14.4 Å². The Balaban J connectivity index is 0. The molecule has 4 N–H and O–H groups in total. The lowest BCUT2D eigenvalue weighted by Gasteiger charge is -2.18. The second-order valence-electron chi connectivity index (χ2n) is 7.87. The van der Waals surface area contributed by atoms with E-state index in [1.807, 2.05) is 13.8 Å². The number of ether oxygens (including phenoxy) is 1. The van der Waals surface area contributed by atoms with E-state index >= 15 is 0 Å². The number of carbonyl (C=O) groups excluding carboxylic acids is 3. The first kappa shape index (κ1) is 37.9. The van der Waals surface area contributed by atoms with Crippen LogP contribution < -0.4 is 10.6 Å². The quantitative estimate of drug-likeness (QED) is 0.0894. The van der Waals surface area contributed by atoms with E-state index in [4.69, 9.17) is 9.84 Å². The van der Waals surface area contributed by atoms with E-state index in [0.29, 0.717) is 12.8 Å². The van der Waals surface area contributed by atoms with E-state index in [1.165, 1.54) is 46.2 Å². The summed E-state index contributed by atoms with van der Waals surface area (Å²) in [7, 11) is 5.82. The van der Waals surface area contributed by atoms with Gasteiger partial charge in [0, 0.05) is 42.8 Å². The minimum absolute atomic E-state index is 0.145. The molecule has 216 valence electrons. The monoisotopic (exact) mass is 602 g/mol. The summed E-state index contributed by atoms with van der Waals surface area (Å²) in [6, 6.07) is -1.92. The van der Waals surface area contributed by atoms with E-state index in [9.17, 15) is 29.1 Å². The highest BCUT2D eigenvalue weighted by molar-refractivity contribution is 8.77. The summed E-state index contributed by atoms with van der Waals surface area (Å²) in [5.74, 6) is -2.01. The van der Waals surface area contributed by atoms with Crippen LogP contribution in [0.1, 0.15) is 73.6 Å². The highest BCUT2D eigenvalue weighted by atomic mass is 33.1. The van der Waals surface area contributed by atoms with Crippen LogP contribution >= 0.6 is 43.2 Å². The van der Waals surface area contributed by atoms with Crippen LogP contribution in [0.3, 0.4) is 0 Å². The van der Waals surface area contributed by atoms with Gasteiger partial charge in [0.2, 0.25) is 11.8 Å². The number of unbranched alkanes of at least 4 members (excludes halogenated alkanes) is 1. The normalized spacial score (nSPS) is 12.9. The summed E-state index contributed by atoms with van der Waals surface area (Å²) >= 11 is 0. The number of nitrogens with one attached hydrogen (secondary N) is 2. The predicted molar refractivity (Wildman–Crippen MR) is 155 cm³/mol. The largest absolute Gasteiger partial charge is 0.480 e. The first-order valence-corrected chi connectivity index (χ1v) is 17.0. The van der Waals surface area contributed by atoms with Gasteiger partial charge in [0.25, 0.3) is 0 Å². The molecule has 0 spiro atoms. The number of aliphatic carboxylic acids is 2. The van der Waals surface area contributed by atoms with E-state index in [1.54, 1.807) is 24.6 Å². The molecule has 2 amide bonds. The third kappa shape index (κ3) is 23.6. The summed E-state index contributed by atoms with van der Waals surface area (Å²) in [4.78, 5) is 56.6. The average molecular weight is 603 g/mol. The molecule has 0 radical (unpaired) electrons. The summed E-state index contributed by atoms with van der Waals surface area (Å²) in [5, 5.41) is 23.4. The lowest BCUT2D eigenvalue weighted by molar-refractivity contribution is -0.147. The van der Waals surface area contributed by atoms with Gasteiger partial charge >= 0.3 is 17.9 Å². The molecule has 0 aromatic rings. The summed E-state index contributed by atoms with van der Waals surface area (Å²) in [5.41, 5.74) is 0. The van der Waals surface area contributed by atoms with Gasteiger partial charge in [-0.05, 0) is 33.1 Å². The van der Waals surface area contributed by atoms with Crippen molar-refractivity contribution >= 4 is 72.9 Å². The zero-order valence-corrected chi connectivity index (χ0v) is 25.7. The van der Waals surface area contributed by atoms with Crippen LogP contribution in [0.25, 0.3) is 0 Å². The van der Waals surface area contributed by atoms with Crippen molar-refractivity contribution in [2.24, 2.45) is 0 Å². The molecular weight excluding hydrogens is 561 g/mol. The Bertz CT molecular complexity index is 698. The number of carbonyl (C=O) groups is 5. The van der Waals surface area contributed by atoms with Crippen molar-refractivity contribution in [3.8, 4) is 0 Å². The number of hydrogen-bond donors (Lipinski definition) is 4. The van der Waals surface area contributed by atoms with Crippen LogP contribution in [-0.4, -0.2) is 80.6 Å². The first-order chi connectivity index (χ1) is 17.4. The fourth-order valence-corrected chi connectivity index (χ4v) is 7.96. The summed E-state index contributed by atoms with van der Waals surface area (Å²) in [6.07, 6.45) is 3.31. The maximum Gasteiger partial charge on any atom is 0.327 e. The summed E-state index contributed by atoms with van der Waals surface area (Å²) < 4.78 is 5.14. The van der Waals surface area contributed by atoms with Crippen molar-refractivity contribution in [2.45, 2.75) is 97.1 Å². The van der Waals surface area contributed by atoms with Crippen LogP contribution in [-0.2, 0) is 28.7 Å². The van der Waals surface area contributed by atoms with Crippen molar-refractivity contribution in [3.63, 3.8) is 0 Å². The van der Waals surface area contributed by atoms with Crippen LogP contribution in [0, 0.1) is 0 Å². The SMILES string of the molecule is CC.CC(=O)NC(CSSCCC(CCCCC(=O)OC(C)C)SSCC(NC(C)=O)C(=O)O)C(=O)O. The molecule has 0 saturated heterocycles. The number of carboxylic acid groups (broad SMARTS) is 2. The molecule has 0 aromatic carbocycles. The van der Waals surface area contributed by atoms with E-state index in [-0.39, 0.29) is 28.8 Å². The molecule has 10 nitrogen and oxygen atoms in total. The molecule has 0 aliphatic rings. The Hall–Kier alpha value is -1.25. The molecule has 3 atom stereocenters. The van der Waals surface area contributed by atoms with Crippen LogP contribution in [0.2, 0.25) is 0 Å². The molecule has 0 aliphatic carbocycles. The zero-order chi connectivity index (χ0) is 28.8. The van der Waals surface area contributed by atoms with Gasteiger partial charge in [0.15, 0.2) is 0 Å². The second kappa shape index (κ2) is 23.8. The third-order valence-corrected chi connectivity index (χ3v) is 9.58. The lowest BCUT2D eigenvalue weighted by Crippen LogP contribution is -2.41. The van der Waals surface area contributed by atoms with E-state index < -0.39 is 35.8 Å². The van der Waals surface area contributed by atoms with Crippen molar-refractivity contribution < 1.29 is 38.9 Å². The molecule has 0 rings (SSSR count). The minimum atomic E-state index is -1.09. The lowest BCUT2D eigenvalue weighted by atomic mass is 10.1. The molecule has 0 aliphatic heterocycles. The first-order valence-electron chi connectivity index (χ1n) is 12.1. The van der Waals surface area contributed by atoms with Crippen molar-refractivity contribution in [3.05, 3.63) is 0 Å². The highest BCUT2D eigenvalue weighted by Gasteiger charge is 2.21. The van der Waals surface area contributed by atoms with E-state index in [2.05, 4.69) is 10.6 Å². The van der Waals surface area contributed by atoms with Crippen LogP contribution in [0.5, 0.6) is 0 Å². The molecule has 14 heteroatoms. The van der Waals surface area contributed by atoms with Gasteiger partial charge in [-0.15, -0.1) is 0 Å². The molecule has 0 aromatic heterocycles. The van der Waals surface area contributed by atoms with Gasteiger partial charge in [-0.25, -0.2) is 9.59 Å². The Morgan fingerprint density at radius 1 is 0.784 bits per heavy atom. The maximum atomic E-state index is 11.7. The number of rotatable bonds is 20. The fraction of sp³-hybridized carbons (Fsp3) is 0.783. The number of amides is 2. The van der Waals surface area contributed by atoms with Gasteiger partial charge in [-0.1, -0.05) is 63.4 Å². The Morgan fingerprint density at radius 3 is 1.76 bits per heavy atom. The Kier molecular flexibility index (Phi) is 24.4. The Morgan fingerprint density at radius 2 is 1.30 bits per heavy atom. The van der Waals surface area contributed by atoms with Gasteiger partial charge in [-0.2, -0.15) is 0 Å². The molecule has 0 heterocycles. The third-order valence-electron chi connectivity index (χ3n) is 4.16. The summed E-state index contributed by atoms with van der Waals surface area (Å²) in [6.45, 7) is 10.2. The average Bonchev–Trinajstić information content (AvgIpc) is 2.79.